The highest BCUT2D eigenvalue weighted by Crippen LogP contribution is 2.44. The summed E-state index contributed by atoms with van der Waals surface area (Å²) in [6, 6.07) is 10.8. The molecule has 0 bridgehead atoms. The summed E-state index contributed by atoms with van der Waals surface area (Å²) >= 11 is 0.911. The molecule has 6 atom stereocenters. The summed E-state index contributed by atoms with van der Waals surface area (Å²) < 4.78 is 36.5. The predicted octanol–water partition coefficient (Wildman–Crippen LogP) is 0.602. The van der Waals surface area contributed by atoms with Crippen LogP contribution in [0.5, 0.6) is 0 Å². The number of carbonyl (C=O) groups is 3. The van der Waals surface area contributed by atoms with Crippen LogP contribution in [0.3, 0.4) is 0 Å². The molecule has 11 nitrogen and oxygen atoms in total. The van der Waals surface area contributed by atoms with Crippen LogP contribution in [0.2, 0.25) is 0 Å². The summed E-state index contributed by atoms with van der Waals surface area (Å²) in [6.45, 7) is 0.431. The molecule has 6 N–H and O–H groups in total. The molecular formula is C28H34F2N2O9S. The second-order valence-electron chi connectivity index (χ2n) is 9.85. The van der Waals surface area contributed by atoms with Crippen molar-refractivity contribution in [1.82, 2.24) is 10.6 Å². The van der Waals surface area contributed by atoms with Crippen LogP contribution < -0.4 is 10.6 Å². The largest absolute Gasteiger partial charge is 0.466 e. The van der Waals surface area contributed by atoms with Gasteiger partial charge in [-0.1, -0.05) is 53.7 Å². The highest BCUT2D eigenvalue weighted by atomic mass is 32.2. The van der Waals surface area contributed by atoms with Gasteiger partial charge in [-0.05, 0) is 24.6 Å². The van der Waals surface area contributed by atoms with E-state index in [4.69, 9.17) is 9.47 Å². The van der Waals surface area contributed by atoms with Crippen LogP contribution in [0, 0.1) is 6.92 Å². The van der Waals surface area contributed by atoms with Gasteiger partial charge in [0.2, 0.25) is 16.7 Å². The SMILES string of the molecule is COC(=O)[C@]1(Sc2ccc(C)cc2)C[C@H](O)[C@@H](NC(=O)CO)[C@H]([C@H](O)[C@H](O)CNC(=O)Cc2ccc(C(F)F)cc2)O1. The monoisotopic (exact) mass is 612 g/mol. The van der Waals surface area contributed by atoms with Crippen LogP contribution in [0.4, 0.5) is 8.78 Å². The third-order valence-electron chi connectivity index (χ3n) is 6.68. The van der Waals surface area contributed by atoms with E-state index >= 15 is 0 Å². The van der Waals surface area contributed by atoms with Gasteiger partial charge in [-0.25, -0.2) is 13.6 Å². The summed E-state index contributed by atoms with van der Waals surface area (Å²) in [5.41, 5.74) is 1.19. The number of rotatable bonds is 12. The van der Waals surface area contributed by atoms with Crippen molar-refractivity contribution in [3.63, 3.8) is 0 Å². The van der Waals surface area contributed by atoms with Crippen LogP contribution in [0.1, 0.15) is 29.5 Å². The van der Waals surface area contributed by atoms with Gasteiger partial charge in [0.25, 0.3) is 6.43 Å². The van der Waals surface area contributed by atoms with E-state index in [1.54, 1.807) is 24.3 Å². The Morgan fingerprint density at radius 1 is 1.10 bits per heavy atom. The number of nitrogens with one attached hydrogen (secondary N) is 2. The van der Waals surface area contributed by atoms with Crippen molar-refractivity contribution >= 4 is 29.5 Å². The molecule has 1 saturated heterocycles. The Labute approximate surface area is 245 Å². The first-order valence-corrected chi connectivity index (χ1v) is 13.8. The van der Waals surface area contributed by atoms with E-state index in [2.05, 4.69) is 10.6 Å². The number of hydrogen-bond acceptors (Lipinski definition) is 10. The maximum absolute atomic E-state index is 13.0. The van der Waals surface area contributed by atoms with Crippen molar-refractivity contribution in [2.24, 2.45) is 0 Å². The van der Waals surface area contributed by atoms with E-state index in [0.29, 0.717) is 10.5 Å². The van der Waals surface area contributed by atoms with Crippen molar-refractivity contribution in [1.29, 1.82) is 0 Å². The minimum Gasteiger partial charge on any atom is -0.466 e. The standard InChI is InChI=1S/C28H34F2N2O9S/c1-15-3-9-18(10-4-15)42-28(27(39)40-2)12-19(34)23(32-22(37)14-33)25(41-28)24(38)20(35)13-31-21(36)11-16-5-7-17(8-6-16)26(29)30/h3-10,19-20,23-26,33-35,38H,11-14H2,1-2H3,(H,31,36)(H,32,37)/t19-,20+,23+,24+,25+,28+/m0/s1. The number of carbonyl (C=O) groups excluding carboxylic acids is 3. The highest BCUT2D eigenvalue weighted by molar-refractivity contribution is 8.01. The van der Waals surface area contributed by atoms with Crippen LogP contribution in [-0.2, 0) is 30.3 Å². The third kappa shape index (κ3) is 8.46. The lowest BCUT2D eigenvalue weighted by Gasteiger charge is -2.47. The zero-order valence-electron chi connectivity index (χ0n) is 22.9. The van der Waals surface area contributed by atoms with Gasteiger partial charge < -0.3 is 40.5 Å². The van der Waals surface area contributed by atoms with Crippen molar-refractivity contribution in [3.05, 3.63) is 65.2 Å². The molecule has 0 saturated carbocycles. The van der Waals surface area contributed by atoms with Crippen LogP contribution in [0.15, 0.2) is 53.4 Å². The quantitative estimate of drug-likeness (QED) is 0.186. The molecule has 0 aromatic heterocycles. The maximum Gasteiger partial charge on any atom is 0.349 e. The summed E-state index contributed by atoms with van der Waals surface area (Å²) in [6.07, 6.45) is -9.90. The maximum atomic E-state index is 13.0. The van der Waals surface area contributed by atoms with Crippen LogP contribution in [0.25, 0.3) is 0 Å². The van der Waals surface area contributed by atoms with Crippen LogP contribution in [-0.4, -0.2) is 93.9 Å². The predicted molar refractivity (Wildman–Crippen MR) is 146 cm³/mol. The molecule has 2 amide bonds. The molecule has 0 radical (unpaired) electrons. The summed E-state index contributed by atoms with van der Waals surface area (Å²) in [4.78, 5) is 36.1. The molecule has 1 fully saturated rings. The lowest BCUT2D eigenvalue weighted by atomic mass is 9.89. The Kier molecular flexibility index (Phi) is 11.8. The number of halogens is 2. The molecule has 42 heavy (non-hydrogen) atoms. The molecule has 2 aromatic rings. The number of aliphatic hydroxyl groups excluding tert-OH is 4. The number of alkyl halides is 2. The molecule has 0 spiro atoms. The Balaban J connectivity index is 1.78. The van der Waals surface area contributed by atoms with Gasteiger partial charge in [-0.3, -0.25) is 9.59 Å². The Morgan fingerprint density at radius 2 is 1.74 bits per heavy atom. The number of hydrogen-bond donors (Lipinski definition) is 6. The molecule has 14 heteroatoms. The topological polar surface area (TPSA) is 175 Å². The molecule has 0 aliphatic carbocycles. The third-order valence-corrected chi connectivity index (χ3v) is 7.95. The lowest BCUT2D eigenvalue weighted by molar-refractivity contribution is -0.205. The number of aliphatic hydroxyl groups is 4. The van der Waals surface area contributed by atoms with Gasteiger partial charge in [0, 0.05) is 23.4 Å². The Hall–Kier alpha value is -3.14. The second-order valence-corrected chi connectivity index (χ2v) is 11.2. The van der Waals surface area contributed by atoms with Gasteiger partial charge in [0.15, 0.2) is 0 Å². The molecule has 2 aromatic carbocycles. The van der Waals surface area contributed by atoms with Gasteiger partial charge in [-0.2, -0.15) is 0 Å². The first-order valence-electron chi connectivity index (χ1n) is 13.0. The number of ether oxygens (including phenoxy) is 2. The Morgan fingerprint density at radius 3 is 2.31 bits per heavy atom. The van der Waals surface area contributed by atoms with Gasteiger partial charge in [0.1, 0.15) is 18.8 Å². The van der Waals surface area contributed by atoms with E-state index in [1.807, 2.05) is 6.92 Å². The van der Waals surface area contributed by atoms with E-state index in [9.17, 15) is 43.6 Å². The second kappa shape index (κ2) is 14.8. The fraction of sp³-hybridized carbons (Fsp3) is 0.464. The number of esters is 1. The molecule has 0 unspecified atom stereocenters. The number of benzene rings is 2. The van der Waals surface area contributed by atoms with Crippen molar-refractivity contribution in [2.75, 3.05) is 20.3 Å². The lowest BCUT2D eigenvalue weighted by Crippen LogP contribution is -2.67. The molecule has 1 heterocycles. The molecule has 3 rings (SSSR count). The zero-order chi connectivity index (χ0) is 31.0. The van der Waals surface area contributed by atoms with E-state index in [1.165, 1.54) is 24.3 Å². The first kappa shape index (κ1) is 33.4. The number of methoxy groups -OCH3 is 1. The van der Waals surface area contributed by atoms with Gasteiger partial charge in [-0.15, -0.1) is 0 Å². The first-order chi connectivity index (χ1) is 19.9. The number of thioether (sulfide) groups is 1. The normalized spacial score (nSPS) is 23.6. The van der Waals surface area contributed by atoms with Crippen molar-refractivity contribution < 1.29 is 53.1 Å². The summed E-state index contributed by atoms with van der Waals surface area (Å²) in [5, 5.41) is 46.9. The average molecular weight is 613 g/mol. The smallest absolute Gasteiger partial charge is 0.349 e. The minimum absolute atomic E-state index is 0.196. The van der Waals surface area contributed by atoms with E-state index in [0.717, 1.165) is 24.4 Å². The number of aryl methyl sites for hydroxylation is 1. The van der Waals surface area contributed by atoms with Gasteiger partial charge in [0.05, 0.1) is 31.8 Å². The summed E-state index contributed by atoms with van der Waals surface area (Å²) in [7, 11) is 1.12. The average Bonchev–Trinajstić information content (AvgIpc) is 2.97. The van der Waals surface area contributed by atoms with E-state index < -0.39 is 72.8 Å². The van der Waals surface area contributed by atoms with Gasteiger partial charge >= 0.3 is 5.97 Å². The van der Waals surface area contributed by atoms with Crippen molar-refractivity contribution in [3.8, 4) is 0 Å². The molecule has 1 aliphatic rings. The minimum atomic E-state index is -2.65. The number of amides is 2. The summed E-state index contributed by atoms with van der Waals surface area (Å²) in [5.74, 6) is -2.38. The van der Waals surface area contributed by atoms with E-state index in [-0.39, 0.29) is 18.4 Å². The Bertz CT molecular complexity index is 1220. The molecule has 1 aliphatic heterocycles. The fourth-order valence-electron chi connectivity index (χ4n) is 4.43. The zero-order valence-corrected chi connectivity index (χ0v) is 23.7. The molecular weight excluding hydrogens is 578 g/mol. The fourth-order valence-corrected chi connectivity index (χ4v) is 5.67. The highest BCUT2D eigenvalue weighted by Gasteiger charge is 2.56. The van der Waals surface area contributed by atoms with Crippen molar-refractivity contribution in [2.45, 2.75) is 66.5 Å². The molecule has 230 valence electrons. The van der Waals surface area contributed by atoms with Crippen LogP contribution >= 0.6 is 11.8 Å².